The Bertz CT molecular complexity index is 194. The third-order valence-electron chi connectivity index (χ3n) is 1.78. The fraction of sp³-hybridized carbons (Fsp3) is 0.273. The minimum atomic E-state index is 0.705. The Morgan fingerprint density at radius 1 is 1.45 bits per heavy atom. The van der Waals surface area contributed by atoms with E-state index < -0.39 is 0 Å². The fourth-order valence-corrected chi connectivity index (χ4v) is 1.16. The molecule has 0 saturated carbocycles. The molecule has 0 N–H and O–H groups in total. The lowest BCUT2D eigenvalue weighted by atomic mass is 9.97. The van der Waals surface area contributed by atoms with E-state index in [-0.39, 0.29) is 0 Å². The molecule has 0 nitrogen and oxygen atoms in total. The van der Waals surface area contributed by atoms with Crippen molar-refractivity contribution in [3.63, 3.8) is 0 Å². The molecule has 0 heterocycles. The number of hydrogen-bond acceptors (Lipinski definition) is 0. The van der Waals surface area contributed by atoms with Gasteiger partial charge in [-0.3, -0.25) is 0 Å². The molecule has 0 fully saturated rings. The van der Waals surface area contributed by atoms with E-state index in [1.807, 2.05) is 12.2 Å². The molecule has 1 aliphatic carbocycles. The first-order chi connectivity index (χ1) is 5.43. The summed E-state index contributed by atoms with van der Waals surface area (Å²) in [6.45, 7) is 3.62. The van der Waals surface area contributed by atoms with Crippen LogP contribution >= 0.6 is 0 Å². The zero-order valence-electron chi connectivity index (χ0n) is 6.74. The van der Waals surface area contributed by atoms with Gasteiger partial charge in [0.1, 0.15) is 0 Å². The Balaban J connectivity index is 2.27. The predicted molar refractivity (Wildman–Crippen MR) is 50.3 cm³/mol. The first kappa shape index (κ1) is 8.06. The van der Waals surface area contributed by atoms with Crippen LogP contribution in [0.4, 0.5) is 0 Å². The molecule has 0 bridgehead atoms. The van der Waals surface area contributed by atoms with Crippen molar-refractivity contribution in [3.05, 3.63) is 49.1 Å². The maximum atomic E-state index is 3.62. The van der Waals surface area contributed by atoms with Crippen LogP contribution < -0.4 is 0 Å². The summed E-state index contributed by atoms with van der Waals surface area (Å²) in [7, 11) is 0. The lowest BCUT2D eigenvalue weighted by Crippen LogP contribution is -1.94. The normalized spacial score (nSPS) is 22.7. The van der Waals surface area contributed by atoms with Gasteiger partial charge in [0.25, 0.3) is 0 Å². The van der Waals surface area contributed by atoms with E-state index in [0.29, 0.717) is 5.92 Å². The minimum Gasteiger partial charge on any atom is -0.0991 e. The highest BCUT2D eigenvalue weighted by Gasteiger charge is 2.00. The van der Waals surface area contributed by atoms with Crippen molar-refractivity contribution in [3.8, 4) is 0 Å². The van der Waals surface area contributed by atoms with E-state index >= 15 is 0 Å². The van der Waals surface area contributed by atoms with E-state index in [4.69, 9.17) is 0 Å². The van der Waals surface area contributed by atoms with Gasteiger partial charge in [0, 0.05) is 0 Å². The highest BCUT2D eigenvalue weighted by atomic mass is 14.1. The number of rotatable bonds is 3. The molecule has 1 aliphatic rings. The van der Waals surface area contributed by atoms with Crippen LogP contribution in [0.2, 0.25) is 0 Å². The molecule has 0 saturated heterocycles. The summed E-state index contributed by atoms with van der Waals surface area (Å²) in [4.78, 5) is 0. The second-order valence-corrected chi connectivity index (χ2v) is 2.71. The molecule has 0 radical (unpaired) electrons. The van der Waals surface area contributed by atoms with Crippen molar-refractivity contribution < 1.29 is 0 Å². The summed E-state index contributed by atoms with van der Waals surface area (Å²) in [5.74, 6) is 0.705. The van der Waals surface area contributed by atoms with Crippen molar-refractivity contribution in [1.82, 2.24) is 0 Å². The van der Waals surface area contributed by atoms with E-state index in [1.54, 1.807) is 0 Å². The average molecular weight is 146 g/mol. The molecule has 0 heteroatoms. The van der Waals surface area contributed by atoms with E-state index in [9.17, 15) is 0 Å². The summed E-state index contributed by atoms with van der Waals surface area (Å²) >= 11 is 0. The summed E-state index contributed by atoms with van der Waals surface area (Å²) in [6.07, 6.45) is 17.0. The number of hydrogen-bond donors (Lipinski definition) is 0. The molecule has 0 aromatic heterocycles. The second kappa shape index (κ2) is 4.73. The Morgan fingerprint density at radius 3 is 3.00 bits per heavy atom. The van der Waals surface area contributed by atoms with E-state index in [0.717, 1.165) is 6.42 Å². The quantitative estimate of drug-likeness (QED) is 0.536. The van der Waals surface area contributed by atoms with E-state index in [2.05, 4.69) is 37.0 Å². The van der Waals surface area contributed by atoms with Crippen molar-refractivity contribution in [1.29, 1.82) is 0 Å². The van der Waals surface area contributed by atoms with Gasteiger partial charge in [0.05, 0.1) is 0 Å². The first-order valence-corrected chi connectivity index (χ1v) is 4.04. The minimum absolute atomic E-state index is 0.705. The summed E-state index contributed by atoms with van der Waals surface area (Å²) < 4.78 is 0. The van der Waals surface area contributed by atoms with Crippen LogP contribution in [0.5, 0.6) is 0 Å². The van der Waals surface area contributed by atoms with Gasteiger partial charge in [-0.15, -0.1) is 0 Å². The maximum absolute atomic E-state index is 3.62. The van der Waals surface area contributed by atoms with Crippen LogP contribution in [-0.4, -0.2) is 0 Å². The summed E-state index contributed by atoms with van der Waals surface area (Å²) in [6, 6.07) is 0. The van der Waals surface area contributed by atoms with Gasteiger partial charge < -0.3 is 0 Å². The third kappa shape index (κ3) is 3.03. The summed E-state index contributed by atoms with van der Waals surface area (Å²) in [5.41, 5.74) is 0. The van der Waals surface area contributed by atoms with Crippen LogP contribution in [0.15, 0.2) is 49.1 Å². The molecule has 1 rings (SSSR count). The Morgan fingerprint density at radius 2 is 2.36 bits per heavy atom. The molecule has 0 aromatic rings. The zero-order valence-corrected chi connectivity index (χ0v) is 6.74. The van der Waals surface area contributed by atoms with Crippen LogP contribution in [-0.2, 0) is 0 Å². The first-order valence-electron chi connectivity index (χ1n) is 4.04. The van der Waals surface area contributed by atoms with Crippen LogP contribution in [0.25, 0.3) is 0 Å². The average Bonchev–Trinajstić information content (AvgIpc) is 2.07. The van der Waals surface area contributed by atoms with Gasteiger partial charge in [-0.25, -0.2) is 0 Å². The standard InChI is InChI=1S/C11H14/c1-2-3-5-8-11-9-6-4-7-10-11/h2-7,9,11H,1,8,10H2/b5-3+. The SMILES string of the molecule is C=C/C=C/CC1C=CC=CC1. The van der Waals surface area contributed by atoms with Gasteiger partial charge in [0.2, 0.25) is 0 Å². The van der Waals surface area contributed by atoms with E-state index in [1.165, 1.54) is 6.42 Å². The molecule has 1 unspecified atom stereocenters. The maximum Gasteiger partial charge on any atom is -0.0161 e. The lowest BCUT2D eigenvalue weighted by Gasteiger charge is -2.08. The fourth-order valence-electron chi connectivity index (χ4n) is 1.16. The smallest absolute Gasteiger partial charge is 0.0161 e. The molecule has 58 valence electrons. The van der Waals surface area contributed by atoms with Crippen molar-refractivity contribution in [2.24, 2.45) is 5.92 Å². The molecule has 0 aliphatic heterocycles. The molecule has 0 aromatic carbocycles. The van der Waals surface area contributed by atoms with Crippen LogP contribution in [0, 0.1) is 5.92 Å². The van der Waals surface area contributed by atoms with Crippen molar-refractivity contribution in [2.45, 2.75) is 12.8 Å². The molecule has 11 heavy (non-hydrogen) atoms. The third-order valence-corrected chi connectivity index (χ3v) is 1.78. The largest absolute Gasteiger partial charge is 0.0991 e. The molecular formula is C11H14. The monoisotopic (exact) mass is 146 g/mol. The molecule has 0 spiro atoms. The van der Waals surface area contributed by atoms with Crippen LogP contribution in [0.1, 0.15) is 12.8 Å². The van der Waals surface area contributed by atoms with Crippen molar-refractivity contribution >= 4 is 0 Å². The molecule has 1 atom stereocenters. The van der Waals surface area contributed by atoms with Gasteiger partial charge >= 0.3 is 0 Å². The van der Waals surface area contributed by atoms with Gasteiger partial charge in [0.15, 0.2) is 0 Å². The Hall–Kier alpha value is -1.04. The highest BCUT2D eigenvalue weighted by Crippen LogP contribution is 2.15. The van der Waals surface area contributed by atoms with Gasteiger partial charge in [-0.05, 0) is 18.8 Å². The predicted octanol–water partition coefficient (Wildman–Crippen LogP) is 3.25. The summed E-state index contributed by atoms with van der Waals surface area (Å²) in [5, 5.41) is 0. The van der Waals surface area contributed by atoms with Gasteiger partial charge in [-0.2, -0.15) is 0 Å². The Labute approximate surface area is 68.6 Å². The van der Waals surface area contributed by atoms with Gasteiger partial charge in [-0.1, -0.05) is 49.1 Å². The lowest BCUT2D eigenvalue weighted by molar-refractivity contribution is 0.669. The second-order valence-electron chi connectivity index (χ2n) is 2.71. The topological polar surface area (TPSA) is 0 Å². The zero-order chi connectivity index (χ0) is 7.94. The number of allylic oxidation sites excluding steroid dienone is 7. The van der Waals surface area contributed by atoms with Crippen molar-refractivity contribution in [2.75, 3.05) is 0 Å². The Kier molecular flexibility index (Phi) is 3.46. The highest BCUT2D eigenvalue weighted by molar-refractivity contribution is 5.12. The molecular weight excluding hydrogens is 132 g/mol. The molecule has 0 amide bonds. The van der Waals surface area contributed by atoms with Crippen LogP contribution in [0.3, 0.4) is 0 Å².